The molecule has 1 saturated heterocycles. The Morgan fingerprint density at radius 1 is 1.36 bits per heavy atom. The first-order chi connectivity index (χ1) is 6.86. The van der Waals surface area contributed by atoms with E-state index in [0.717, 1.165) is 13.2 Å². The number of ether oxygens (including phenoxy) is 1. The summed E-state index contributed by atoms with van der Waals surface area (Å²) < 4.78 is 5.69. The summed E-state index contributed by atoms with van der Waals surface area (Å²) in [6.45, 7) is 6.53. The molecule has 0 radical (unpaired) electrons. The van der Waals surface area contributed by atoms with Crippen molar-refractivity contribution in [2.75, 3.05) is 13.2 Å². The van der Waals surface area contributed by atoms with E-state index in [2.05, 4.69) is 19.2 Å². The summed E-state index contributed by atoms with van der Waals surface area (Å²) in [6, 6.07) is 0.700. The number of hydrogen-bond acceptors (Lipinski definition) is 2. The van der Waals surface area contributed by atoms with Crippen molar-refractivity contribution in [2.45, 2.75) is 64.5 Å². The first kappa shape index (κ1) is 12.0. The smallest absolute Gasteiger partial charge is 0.0699 e. The van der Waals surface area contributed by atoms with Gasteiger partial charge in [-0.05, 0) is 32.1 Å². The van der Waals surface area contributed by atoms with E-state index in [-0.39, 0.29) is 0 Å². The minimum absolute atomic E-state index is 0.481. The van der Waals surface area contributed by atoms with Crippen molar-refractivity contribution in [3.05, 3.63) is 0 Å². The highest BCUT2D eigenvalue weighted by atomic mass is 16.5. The molecule has 0 spiro atoms. The van der Waals surface area contributed by atoms with Crippen LogP contribution >= 0.6 is 0 Å². The minimum atomic E-state index is 0.481. The molecule has 0 aliphatic carbocycles. The van der Waals surface area contributed by atoms with Crippen molar-refractivity contribution < 1.29 is 4.74 Å². The van der Waals surface area contributed by atoms with Crippen LogP contribution in [0.4, 0.5) is 0 Å². The molecule has 0 bridgehead atoms. The second kappa shape index (κ2) is 7.24. The summed E-state index contributed by atoms with van der Waals surface area (Å²) >= 11 is 0. The zero-order valence-electron chi connectivity index (χ0n) is 9.72. The third kappa shape index (κ3) is 4.43. The predicted molar refractivity (Wildman–Crippen MR) is 60.6 cm³/mol. The van der Waals surface area contributed by atoms with Gasteiger partial charge in [0.05, 0.1) is 6.10 Å². The van der Waals surface area contributed by atoms with Gasteiger partial charge < -0.3 is 10.1 Å². The molecule has 0 amide bonds. The Bertz CT molecular complexity index is 128. The molecule has 2 unspecified atom stereocenters. The van der Waals surface area contributed by atoms with E-state index in [1.54, 1.807) is 0 Å². The molecule has 14 heavy (non-hydrogen) atoms. The Kier molecular flexibility index (Phi) is 6.20. The van der Waals surface area contributed by atoms with Crippen LogP contribution in [0.15, 0.2) is 0 Å². The molecule has 1 heterocycles. The van der Waals surface area contributed by atoms with Gasteiger partial charge in [0.2, 0.25) is 0 Å². The highest BCUT2D eigenvalue weighted by Crippen LogP contribution is 2.12. The van der Waals surface area contributed by atoms with Gasteiger partial charge in [-0.25, -0.2) is 0 Å². The molecule has 0 aromatic rings. The van der Waals surface area contributed by atoms with Crippen molar-refractivity contribution in [1.82, 2.24) is 5.32 Å². The molecule has 1 rings (SSSR count). The van der Waals surface area contributed by atoms with Crippen LogP contribution in [0, 0.1) is 0 Å². The zero-order chi connectivity index (χ0) is 10.2. The van der Waals surface area contributed by atoms with Gasteiger partial charge in [-0.1, -0.05) is 20.3 Å². The van der Waals surface area contributed by atoms with Crippen LogP contribution in [0.25, 0.3) is 0 Å². The van der Waals surface area contributed by atoms with E-state index in [4.69, 9.17) is 4.74 Å². The van der Waals surface area contributed by atoms with Gasteiger partial charge in [0.25, 0.3) is 0 Å². The summed E-state index contributed by atoms with van der Waals surface area (Å²) in [5, 5.41) is 3.62. The van der Waals surface area contributed by atoms with Crippen LogP contribution in [0.2, 0.25) is 0 Å². The van der Waals surface area contributed by atoms with Gasteiger partial charge in [0.15, 0.2) is 0 Å². The SMILES string of the molecule is CCCC(CC)NCC1CCCCO1. The van der Waals surface area contributed by atoms with Gasteiger partial charge in [-0.2, -0.15) is 0 Å². The lowest BCUT2D eigenvalue weighted by Crippen LogP contribution is -2.37. The predicted octanol–water partition coefficient (Wildman–Crippen LogP) is 2.72. The van der Waals surface area contributed by atoms with E-state index in [1.165, 1.54) is 38.5 Å². The fraction of sp³-hybridized carbons (Fsp3) is 1.00. The Morgan fingerprint density at radius 3 is 2.79 bits per heavy atom. The Balaban J connectivity index is 2.10. The third-order valence-corrected chi connectivity index (χ3v) is 3.04. The van der Waals surface area contributed by atoms with Crippen LogP contribution < -0.4 is 5.32 Å². The van der Waals surface area contributed by atoms with Crippen molar-refractivity contribution in [3.8, 4) is 0 Å². The molecular formula is C12H25NO. The van der Waals surface area contributed by atoms with Crippen molar-refractivity contribution in [3.63, 3.8) is 0 Å². The van der Waals surface area contributed by atoms with Gasteiger partial charge in [-0.15, -0.1) is 0 Å². The van der Waals surface area contributed by atoms with Gasteiger partial charge in [0.1, 0.15) is 0 Å². The lowest BCUT2D eigenvalue weighted by atomic mass is 10.1. The van der Waals surface area contributed by atoms with Crippen LogP contribution in [0.3, 0.4) is 0 Å². The molecule has 1 aliphatic heterocycles. The molecule has 0 aromatic heterocycles. The number of nitrogens with one attached hydrogen (secondary N) is 1. The first-order valence-electron chi connectivity index (χ1n) is 6.21. The summed E-state index contributed by atoms with van der Waals surface area (Å²) in [5.41, 5.74) is 0. The van der Waals surface area contributed by atoms with Crippen molar-refractivity contribution in [2.24, 2.45) is 0 Å². The van der Waals surface area contributed by atoms with E-state index < -0.39 is 0 Å². The summed E-state index contributed by atoms with van der Waals surface area (Å²) in [5.74, 6) is 0. The quantitative estimate of drug-likeness (QED) is 0.710. The normalized spacial score (nSPS) is 24.9. The monoisotopic (exact) mass is 199 g/mol. The standard InChI is InChI=1S/C12H25NO/c1-3-7-11(4-2)13-10-12-8-5-6-9-14-12/h11-13H,3-10H2,1-2H3. The second-order valence-corrected chi connectivity index (χ2v) is 4.29. The maximum atomic E-state index is 5.69. The summed E-state index contributed by atoms with van der Waals surface area (Å²) in [4.78, 5) is 0. The van der Waals surface area contributed by atoms with E-state index >= 15 is 0 Å². The lowest BCUT2D eigenvalue weighted by molar-refractivity contribution is 0.0151. The largest absolute Gasteiger partial charge is 0.377 e. The summed E-state index contributed by atoms with van der Waals surface area (Å²) in [7, 11) is 0. The third-order valence-electron chi connectivity index (χ3n) is 3.04. The van der Waals surface area contributed by atoms with Gasteiger partial charge in [-0.3, -0.25) is 0 Å². The average Bonchev–Trinajstić information content (AvgIpc) is 2.25. The Labute approximate surface area is 88.4 Å². The molecule has 2 heteroatoms. The van der Waals surface area contributed by atoms with Gasteiger partial charge in [0, 0.05) is 19.2 Å². The minimum Gasteiger partial charge on any atom is -0.377 e. The van der Waals surface area contributed by atoms with Crippen LogP contribution in [-0.4, -0.2) is 25.3 Å². The Hall–Kier alpha value is -0.0800. The highest BCUT2D eigenvalue weighted by Gasteiger charge is 2.14. The fourth-order valence-electron chi connectivity index (χ4n) is 2.07. The first-order valence-corrected chi connectivity index (χ1v) is 6.21. The van der Waals surface area contributed by atoms with Gasteiger partial charge >= 0.3 is 0 Å². The average molecular weight is 199 g/mol. The maximum Gasteiger partial charge on any atom is 0.0699 e. The van der Waals surface area contributed by atoms with E-state index in [0.29, 0.717) is 12.1 Å². The topological polar surface area (TPSA) is 21.3 Å². The zero-order valence-corrected chi connectivity index (χ0v) is 9.72. The maximum absolute atomic E-state index is 5.69. The number of rotatable bonds is 6. The Morgan fingerprint density at radius 2 is 2.21 bits per heavy atom. The van der Waals surface area contributed by atoms with Crippen molar-refractivity contribution in [1.29, 1.82) is 0 Å². The number of hydrogen-bond donors (Lipinski definition) is 1. The lowest BCUT2D eigenvalue weighted by Gasteiger charge is -2.25. The molecule has 2 nitrogen and oxygen atoms in total. The van der Waals surface area contributed by atoms with Crippen LogP contribution in [-0.2, 0) is 4.74 Å². The molecule has 0 saturated carbocycles. The summed E-state index contributed by atoms with van der Waals surface area (Å²) in [6.07, 6.45) is 8.13. The molecule has 0 aromatic carbocycles. The molecule has 84 valence electrons. The molecule has 2 atom stereocenters. The highest BCUT2D eigenvalue weighted by molar-refractivity contribution is 4.70. The van der Waals surface area contributed by atoms with Crippen molar-refractivity contribution >= 4 is 0 Å². The molecule has 1 fully saturated rings. The fourth-order valence-corrected chi connectivity index (χ4v) is 2.07. The molecular weight excluding hydrogens is 174 g/mol. The van der Waals surface area contributed by atoms with Crippen LogP contribution in [0.1, 0.15) is 52.4 Å². The molecule has 1 aliphatic rings. The van der Waals surface area contributed by atoms with E-state index in [1.807, 2.05) is 0 Å². The molecule has 1 N–H and O–H groups in total. The second-order valence-electron chi connectivity index (χ2n) is 4.29. The van der Waals surface area contributed by atoms with Crippen LogP contribution in [0.5, 0.6) is 0 Å². The van der Waals surface area contributed by atoms with E-state index in [9.17, 15) is 0 Å².